The van der Waals surface area contributed by atoms with Gasteiger partial charge in [0.2, 0.25) is 5.91 Å². The summed E-state index contributed by atoms with van der Waals surface area (Å²) in [7, 11) is 4.97. The lowest BCUT2D eigenvalue weighted by Crippen LogP contribution is -2.45. The van der Waals surface area contributed by atoms with Gasteiger partial charge in [-0.3, -0.25) is 9.59 Å². The molecule has 1 fully saturated rings. The average Bonchev–Trinajstić information content (AvgIpc) is 3.06. The number of hydrogen-bond donors (Lipinski definition) is 0. The Bertz CT molecular complexity index is 495. The summed E-state index contributed by atoms with van der Waals surface area (Å²) in [4.78, 5) is 27.6. The molecule has 1 aromatic rings. The van der Waals surface area contributed by atoms with Crippen LogP contribution < -0.4 is 0 Å². The number of amides is 2. The van der Waals surface area contributed by atoms with Gasteiger partial charge in [0.25, 0.3) is 5.91 Å². The van der Waals surface area contributed by atoms with E-state index in [9.17, 15) is 9.59 Å². The number of likely N-dealkylation sites (tertiary alicyclic amines) is 1. The molecular weight excluding hydrogens is 260 g/mol. The summed E-state index contributed by atoms with van der Waals surface area (Å²) in [6.07, 6.45) is 1.54. The zero-order valence-electron chi connectivity index (χ0n) is 12.1. The molecule has 2 rings (SSSR count). The van der Waals surface area contributed by atoms with Crippen LogP contribution in [0.3, 0.4) is 0 Å². The van der Waals surface area contributed by atoms with Crippen molar-refractivity contribution in [2.45, 2.75) is 25.5 Å². The van der Waals surface area contributed by atoms with Crippen molar-refractivity contribution < 1.29 is 18.7 Å². The molecule has 1 unspecified atom stereocenters. The van der Waals surface area contributed by atoms with Crippen molar-refractivity contribution >= 4 is 11.8 Å². The minimum Gasteiger partial charge on any atom is -0.453 e. The lowest BCUT2D eigenvalue weighted by molar-refractivity contribution is -0.132. The van der Waals surface area contributed by atoms with Crippen LogP contribution >= 0.6 is 0 Å². The Kier molecular flexibility index (Phi) is 4.44. The second-order valence-electron chi connectivity index (χ2n) is 5.09. The van der Waals surface area contributed by atoms with Crippen LogP contribution in [0.2, 0.25) is 0 Å². The highest BCUT2D eigenvalue weighted by atomic mass is 16.5. The Balaban J connectivity index is 2.12. The first-order chi connectivity index (χ1) is 9.54. The van der Waals surface area contributed by atoms with Gasteiger partial charge in [-0.1, -0.05) is 0 Å². The molecule has 1 aromatic heterocycles. The van der Waals surface area contributed by atoms with E-state index in [0.29, 0.717) is 25.3 Å². The van der Waals surface area contributed by atoms with Gasteiger partial charge in [0.05, 0.1) is 0 Å². The van der Waals surface area contributed by atoms with Gasteiger partial charge in [-0.25, -0.2) is 0 Å². The molecule has 0 spiro atoms. The SMILES string of the molecule is COCc1ccc(C(=O)N2CCCC2C(=O)N(C)C)o1. The second kappa shape index (κ2) is 6.09. The van der Waals surface area contributed by atoms with E-state index in [1.807, 2.05) is 0 Å². The van der Waals surface area contributed by atoms with Gasteiger partial charge in [-0.15, -0.1) is 0 Å². The molecule has 0 saturated carbocycles. The summed E-state index contributed by atoms with van der Waals surface area (Å²) in [5, 5.41) is 0. The molecule has 1 aliphatic rings. The number of nitrogens with zero attached hydrogens (tertiary/aromatic N) is 2. The first kappa shape index (κ1) is 14.6. The molecule has 0 aliphatic carbocycles. The van der Waals surface area contributed by atoms with E-state index in [0.717, 1.165) is 6.42 Å². The number of likely N-dealkylation sites (N-methyl/N-ethyl adjacent to an activating group) is 1. The van der Waals surface area contributed by atoms with Crippen LogP contribution in [0.1, 0.15) is 29.2 Å². The van der Waals surface area contributed by atoms with Crippen LogP contribution in [0.4, 0.5) is 0 Å². The lowest BCUT2D eigenvalue weighted by Gasteiger charge is -2.25. The highest BCUT2D eigenvalue weighted by Crippen LogP contribution is 2.22. The highest BCUT2D eigenvalue weighted by Gasteiger charge is 2.36. The summed E-state index contributed by atoms with van der Waals surface area (Å²) in [6.45, 7) is 0.913. The van der Waals surface area contributed by atoms with Crippen molar-refractivity contribution in [3.05, 3.63) is 23.7 Å². The normalized spacial score (nSPS) is 18.4. The largest absolute Gasteiger partial charge is 0.453 e. The van der Waals surface area contributed by atoms with Gasteiger partial charge in [-0.2, -0.15) is 0 Å². The minimum atomic E-state index is -0.381. The zero-order chi connectivity index (χ0) is 14.7. The number of ether oxygens (including phenoxy) is 1. The van der Waals surface area contributed by atoms with Crippen LogP contribution in [0.15, 0.2) is 16.5 Å². The van der Waals surface area contributed by atoms with Crippen molar-refractivity contribution in [3.63, 3.8) is 0 Å². The number of hydrogen-bond acceptors (Lipinski definition) is 4. The predicted octanol–water partition coefficient (Wildman–Crippen LogP) is 1.12. The first-order valence-corrected chi connectivity index (χ1v) is 6.64. The molecule has 6 nitrogen and oxygen atoms in total. The Morgan fingerprint density at radius 1 is 1.45 bits per heavy atom. The molecule has 1 saturated heterocycles. The fraction of sp³-hybridized carbons (Fsp3) is 0.571. The van der Waals surface area contributed by atoms with E-state index in [4.69, 9.17) is 9.15 Å². The molecule has 1 atom stereocenters. The van der Waals surface area contributed by atoms with E-state index in [1.165, 1.54) is 4.90 Å². The van der Waals surface area contributed by atoms with Gasteiger partial charge in [0, 0.05) is 27.7 Å². The number of carbonyl (C=O) groups excluding carboxylic acids is 2. The monoisotopic (exact) mass is 280 g/mol. The number of furan rings is 1. The van der Waals surface area contributed by atoms with E-state index in [-0.39, 0.29) is 23.6 Å². The van der Waals surface area contributed by atoms with Crippen LogP contribution in [-0.4, -0.2) is 55.4 Å². The molecule has 0 aromatic carbocycles. The Hall–Kier alpha value is -1.82. The quantitative estimate of drug-likeness (QED) is 0.829. The number of methoxy groups -OCH3 is 1. The number of rotatable bonds is 4. The van der Waals surface area contributed by atoms with Crippen LogP contribution in [0.5, 0.6) is 0 Å². The Morgan fingerprint density at radius 2 is 2.20 bits per heavy atom. The molecular formula is C14H20N2O4. The molecule has 110 valence electrons. The predicted molar refractivity (Wildman–Crippen MR) is 72.2 cm³/mol. The van der Waals surface area contributed by atoms with E-state index >= 15 is 0 Å². The van der Waals surface area contributed by atoms with Gasteiger partial charge in [0.15, 0.2) is 5.76 Å². The van der Waals surface area contributed by atoms with Crippen molar-refractivity contribution in [3.8, 4) is 0 Å². The fourth-order valence-corrected chi connectivity index (χ4v) is 2.42. The van der Waals surface area contributed by atoms with E-state index in [1.54, 1.807) is 38.2 Å². The molecule has 0 bridgehead atoms. The summed E-state index contributed by atoms with van der Waals surface area (Å²) in [6, 6.07) is 2.97. The van der Waals surface area contributed by atoms with Gasteiger partial charge in [0.1, 0.15) is 18.4 Å². The van der Waals surface area contributed by atoms with Crippen molar-refractivity contribution in [1.82, 2.24) is 9.80 Å². The Labute approximate surface area is 118 Å². The third-order valence-corrected chi connectivity index (χ3v) is 3.40. The van der Waals surface area contributed by atoms with Crippen molar-refractivity contribution in [2.75, 3.05) is 27.7 Å². The molecule has 2 heterocycles. The summed E-state index contributed by atoms with van der Waals surface area (Å²) >= 11 is 0. The smallest absolute Gasteiger partial charge is 0.290 e. The molecule has 0 N–H and O–H groups in total. The van der Waals surface area contributed by atoms with Crippen LogP contribution in [0.25, 0.3) is 0 Å². The maximum Gasteiger partial charge on any atom is 0.290 e. The topological polar surface area (TPSA) is 63.0 Å². The third kappa shape index (κ3) is 2.85. The maximum absolute atomic E-state index is 12.4. The molecule has 1 aliphatic heterocycles. The standard InChI is InChI=1S/C14H20N2O4/c1-15(2)13(17)11-5-4-8-16(11)14(18)12-7-6-10(20-12)9-19-3/h6-7,11H,4-5,8-9H2,1-3H3. The molecule has 20 heavy (non-hydrogen) atoms. The second-order valence-corrected chi connectivity index (χ2v) is 5.09. The van der Waals surface area contributed by atoms with E-state index < -0.39 is 0 Å². The third-order valence-electron chi connectivity index (χ3n) is 3.40. The number of carbonyl (C=O) groups is 2. The molecule has 2 amide bonds. The van der Waals surface area contributed by atoms with Crippen molar-refractivity contribution in [1.29, 1.82) is 0 Å². The van der Waals surface area contributed by atoms with Crippen molar-refractivity contribution in [2.24, 2.45) is 0 Å². The summed E-state index contributed by atoms with van der Waals surface area (Å²) < 4.78 is 10.4. The Morgan fingerprint density at radius 3 is 2.85 bits per heavy atom. The molecule has 6 heteroatoms. The van der Waals surface area contributed by atoms with Crippen LogP contribution in [0, 0.1) is 0 Å². The minimum absolute atomic E-state index is 0.0421. The van der Waals surface area contributed by atoms with Gasteiger partial charge >= 0.3 is 0 Å². The molecule has 0 radical (unpaired) electrons. The zero-order valence-corrected chi connectivity index (χ0v) is 12.1. The maximum atomic E-state index is 12.4. The van der Waals surface area contributed by atoms with Gasteiger partial charge < -0.3 is 19.0 Å². The average molecular weight is 280 g/mol. The summed E-state index contributed by atoms with van der Waals surface area (Å²) in [5.74, 6) is 0.589. The lowest BCUT2D eigenvalue weighted by atomic mass is 10.2. The first-order valence-electron chi connectivity index (χ1n) is 6.64. The van der Waals surface area contributed by atoms with E-state index in [2.05, 4.69) is 0 Å². The van der Waals surface area contributed by atoms with Crippen LogP contribution in [-0.2, 0) is 16.1 Å². The fourth-order valence-electron chi connectivity index (χ4n) is 2.42. The summed E-state index contributed by atoms with van der Waals surface area (Å²) in [5.41, 5.74) is 0. The van der Waals surface area contributed by atoms with Gasteiger partial charge in [-0.05, 0) is 25.0 Å². The highest BCUT2D eigenvalue weighted by molar-refractivity contribution is 5.95.